The summed E-state index contributed by atoms with van der Waals surface area (Å²) in [6.07, 6.45) is 9.39. The van der Waals surface area contributed by atoms with E-state index in [4.69, 9.17) is 9.47 Å². The van der Waals surface area contributed by atoms with Gasteiger partial charge >= 0.3 is 0 Å². The van der Waals surface area contributed by atoms with Gasteiger partial charge in [0.05, 0.1) is 7.11 Å². The summed E-state index contributed by atoms with van der Waals surface area (Å²) < 4.78 is 25.3. The number of rotatable bonds is 4. The molecule has 0 bridgehead atoms. The van der Waals surface area contributed by atoms with E-state index in [0.29, 0.717) is 0 Å². The van der Waals surface area contributed by atoms with Gasteiger partial charge in [0.15, 0.2) is 11.5 Å². The highest BCUT2D eigenvalue weighted by atomic mass is 19.1. The maximum Gasteiger partial charge on any atom is 0.169 e. The van der Waals surface area contributed by atoms with Crippen LogP contribution < -0.4 is 9.47 Å². The number of benzene rings is 2. The van der Waals surface area contributed by atoms with Crippen LogP contribution in [0, 0.1) is 5.82 Å². The van der Waals surface area contributed by atoms with Crippen LogP contribution in [0.4, 0.5) is 4.39 Å². The zero-order valence-electron chi connectivity index (χ0n) is 16.3. The van der Waals surface area contributed by atoms with Crippen LogP contribution in [0.5, 0.6) is 11.5 Å². The number of methoxy groups -OCH3 is 1. The largest absolute Gasteiger partial charge is 0.493 e. The Balaban J connectivity index is 1.28. The van der Waals surface area contributed by atoms with E-state index in [1.165, 1.54) is 11.6 Å². The number of nitrogens with zero attached hydrogens (tertiary/aromatic N) is 1. The summed E-state index contributed by atoms with van der Waals surface area (Å²) >= 11 is 0. The molecular weight excluding hydrogens is 367 g/mol. The fourth-order valence-electron chi connectivity index (χ4n) is 4.19. The SMILES string of the molecule is COc1cccc2c1OC(CN1CC=C(c3c[nH]c4ccc(F)cc34)CC1)C=C2. The van der Waals surface area contributed by atoms with Crippen LogP contribution in [0.3, 0.4) is 0 Å². The van der Waals surface area contributed by atoms with Crippen molar-refractivity contribution in [3.8, 4) is 11.5 Å². The number of fused-ring (bicyclic) bond motifs is 2. The lowest BCUT2D eigenvalue weighted by Crippen LogP contribution is -2.37. The summed E-state index contributed by atoms with van der Waals surface area (Å²) in [5, 5.41) is 0.951. The molecule has 2 aliphatic heterocycles. The van der Waals surface area contributed by atoms with Crippen molar-refractivity contribution < 1.29 is 13.9 Å². The molecule has 0 amide bonds. The molecule has 0 aliphatic carbocycles. The average molecular weight is 390 g/mol. The summed E-state index contributed by atoms with van der Waals surface area (Å²) in [6, 6.07) is 10.8. The highest BCUT2D eigenvalue weighted by molar-refractivity contribution is 5.92. The number of aromatic amines is 1. The van der Waals surface area contributed by atoms with Gasteiger partial charge in [0.2, 0.25) is 0 Å². The van der Waals surface area contributed by atoms with Crippen molar-refractivity contribution in [3.05, 3.63) is 71.7 Å². The molecule has 0 spiro atoms. The van der Waals surface area contributed by atoms with Crippen molar-refractivity contribution in [2.75, 3.05) is 26.7 Å². The molecule has 0 radical (unpaired) electrons. The first-order valence-electron chi connectivity index (χ1n) is 9.91. The lowest BCUT2D eigenvalue weighted by atomic mass is 9.98. The lowest BCUT2D eigenvalue weighted by Gasteiger charge is -2.31. The third-order valence-electron chi connectivity index (χ3n) is 5.71. The van der Waals surface area contributed by atoms with Crippen molar-refractivity contribution in [1.82, 2.24) is 9.88 Å². The first kappa shape index (κ1) is 18.0. The van der Waals surface area contributed by atoms with Gasteiger partial charge in [-0.3, -0.25) is 4.90 Å². The van der Waals surface area contributed by atoms with Crippen molar-refractivity contribution in [2.24, 2.45) is 0 Å². The minimum Gasteiger partial charge on any atom is -0.493 e. The maximum absolute atomic E-state index is 13.7. The molecule has 148 valence electrons. The standard InChI is InChI=1S/C24H23FN2O2/c1-28-23-4-2-3-17-5-7-19(29-24(17)23)15-27-11-9-16(10-12-27)21-14-26-22-8-6-18(25)13-20(21)22/h2-9,13-14,19,26H,10-12,15H2,1H3. The zero-order valence-corrected chi connectivity index (χ0v) is 16.3. The number of hydrogen-bond donors (Lipinski definition) is 1. The summed E-state index contributed by atoms with van der Waals surface area (Å²) in [6.45, 7) is 2.62. The molecule has 3 aromatic rings. The fourth-order valence-corrected chi connectivity index (χ4v) is 4.19. The molecule has 0 fully saturated rings. The highest BCUT2D eigenvalue weighted by Crippen LogP contribution is 2.36. The number of H-pyrrole nitrogens is 1. The molecule has 4 nitrogen and oxygen atoms in total. The summed E-state index contributed by atoms with van der Waals surface area (Å²) in [5.41, 5.74) is 4.39. The van der Waals surface area contributed by atoms with Crippen LogP contribution in [0.15, 0.2) is 54.7 Å². The van der Waals surface area contributed by atoms with Crippen molar-refractivity contribution in [1.29, 1.82) is 0 Å². The highest BCUT2D eigenvalue weighted by Gasteiger charge is 2.22. The van der Waals surface area contributed by atoms with E-state index < -0.39 is 0 Å². The third kappa shape index (κ3) is 3.42. The summed E-state index contributed by atoms with van der Waals surface area (Å²) in [4.78, 5) is 5.63. The van der Waals surface area contributed by atoms with Gasteiger partial charge in [-0.05, 0) is 42.3 Å². The molecular formula is C24H23FN2O2. The normalized spacial score (nSPS) is 19.0. The molecule has 29 heavy (non-hydrogen) atoms. The molecule has 5 rings (SSSR count). The van der Waals surface area contributed by atoms with Gasteiger partial charge in [0.1, 0.15) is 11.9 Å². The molecule has 3 heterocycles. The Kier molecular flexibility index (Phi) is 4.60. The van der Waals surface area contributed by atoms with E-state index in [9.17, 15) is 4.39 Å². The predicted octanol–water partition coefficient (Wildman–Crippen LogP) is 4.88. The monoisotopic (exact) mass is 390 g/mol. The number of halogens is 1. The Morgan fingerprint density at radius 3 is 3.03 bits per heavy atom. The molecule has 1 N–H and O–H groups in total. The zero-order chi connectivity index (χ0) is 19.8. The van der Waals surface area contributed by atoms with E-state index in [1.807, 2.05) is 24.4 Å². The third-order valence-corrected chi connectivity index (χ3v) is 5.71. The van der Waals surface area contributed by atoms with Crippen LogP contribution in [0.25, 0.3) is 22.6 Å². The van der Waals surface area contributed by atoms with E-state index in [2.05, 4.69) is 28.1 Å². The minimum atomic E-state index is -0.201. The van der Waals surface area contributed by atoms with Crippen LogP contribution in [-0.2, 0) is 0 Å². The van der Waals surface area contributed by atoms with Gasteiger partial charge in [-0.15, -0.1) is 0 Å². The number of para-hydroxylation sites is 1. The van der Waals surface area contributed by atoms with Gasteiger partial charge in [0, 0.05) is 47.9 Å². The first-order valence-corrected chi connectivity index (χ1v) is 9.91. The lowest BCUT2D eigenvalue weighted by molar-refractivity contribution is 0.166. The Labute approximate surface area is 169 Å². The molecule has 2 aromatic carbocycles. The van der Waals surface area contributed by atoms with Crippen LogP contribution in [0.1, 0.15) is 17.5 Å². The van der Waals surface area contributed by atoms with E-state index in [0.717, 1.165) is 59.6 Å². The minimum absolute atomic E-state index is 0.00376. The van der Waals surface area contributed by atoms with Crippen LogP contribution in [0.2, 0.25) is 0 Å². The molecule has 1 atom stereocenters. The average Bonchev–Trinajstić information content (AvgIpc) is 3.17. The van der Waals surface area contributed by atoms with Gasteiger partial charge < -0.3 is 14.5 Å². The Morgan fingerprint density at radius 2 is 2.21 bits per heavy atom. The van der Waals surface area contributed by atoms with Crippen molar-refractivity contribution in [3.63, 3.8) is 0 Å². The number of hydrogen-bond acceptors (Lipinski definition) is 3. The number of aromatic nitrogens is 1. The van der Waals surface area contributed by atoms with E-state index >= 15 is 0 Å². The molecule has 0 saturated heterocycles. The van der Waals surface area contributed by atoms with Gasteiger partial charge in [0.25, 0.3) is 0 Å². The molecule has 1 aromatic heterocycles. The second-order valence-corrected chi connectivity index (χ2v) is 7.53. The van der Waals surface area contributed by atoms with Crippen LogP contribution in [-0.4, -0.2) is 42.7 Å². The molecule has 0 saturated carbocycles. The summed E-state index contributed by atoms with van der Waals surface area (Å²) in [7, 11) is 1.67. The second kappa shape index (κ2) is 7.41. The molecule has 2 aliphatic rings. The van der Waals surface area contributed by atoms with Crippen LogP contribution >= 0.6 is 0 Å². The fraction of sp³-hybridized carbons (Fsp3) is 0.250. The Bertz CT molecular complexity index is 1120. The van der Waals surface area contributed by atoms with Gasteiger partial charge in [-0.1, -0.05) is 24.3 Å². The summed E-state index contributed by atoms with van der Waals surface area (Å²) in [5.74, 6) is 1.38. The Morgan fingerprint density at radius 1 is 1.28 bits per heavy atom. The Hall–Kier alpha value is -3.05. The number of ether oxygens (including phenoxy) is 2. The quantitative estimate of drug-likeness (QED) is 0.690. The van der Waals surface area contributed by atoms with E-state index in [-0.39, 0.29) is 11.9 Å². The first-order chi connectivity index (χ1) is 14.2. The van der Waals surface area contributed by atoms with Gasteiger partial charge in [-0.25, -0.2) is 4.39 Å². The van der Waals surface area contributed by atoms with Crippen molar-refractivity contribution >= 4 is 22.6 Å². The smallest absolute Gasteiger partial charge is 0.169 e. The topological polar surface area (TPSA) is 37.5 Å². The second-order valence-electron chi connectivity index (χ2n) is 7.53. The number of nitrogens with one attached hydrogen (secondary N) is 1. The molecule has 5 heteroatoms. The van der Waals surface area contributed by atoms with Gasteiger partial charge in [-0.2, -0.15) is 0 Å². The van der Waals surface area contributed by atoms with E-state index in [1.54, 1.807) is 19.2 Å². The van der Waals surface area contributed by atoms with Crippen molar-refractivity contribution in [2.45, 2.75) is 12.5 Å². The maximum atomic E-state index is 13.7. The predicted molar refractivity (Wildman–Crippen MR) is 114 cm³/mol. The molecule has 1 unspecified atom stereocenters.